The highest BCUT2D eigenvalue weighted by atomic mass is 32.2. The fraction of sp³-hybridized carbons (Fsp3) is 0.571. The molecule has 3 nitrogen and oxygen atoms in total. The van der Waals surface area contributed by atoms with E-state index in [0.29, 0.717) is 6.54 Å². The molecule has 1 aromatic rings. The van der Waals surface area contributed by atoms with Gasteiger partial charge in [0.05, 0.1) is 13.2 Å². The van der Waals surface area contributed by atoms with Crippen molar-refractivity contribution in [1.82, 2.24) is 5.32 Å². The summed E-state index contributed by atoms with van der Waals surface area (Å²) >= 11 is 1.64. The van der Waals surface area contributed by atoms with Crippen molar-refractivity contribution in [3.05, 3.63) is 23.8 Å². The van der Waals surface area contributed by atoms with E-state index in [9.17, 15) is 5.11 Å². The van der Waals surface area contributed by atoms with Crippen LogP contribution in [0.4, 0.5) is 0 Å². The zero-order valence-corrected chi connectivity index (χ0v) is 12.6. The van der Waals surface area contributed by atoms with Crippen LogP contribution < -0.4 is 10.1 Å². The molecule has 0 saturated carbocycles. The molecule has 0 heterocycles. The molecule has 0 fully saturated rings. The van der Waals surface area contributed by atoms with Crippen molar-refractivity contribution >= 4 is 11.8 Å². The van der Waals surface area contributed by atoms with Crippen LogP contribution in [0.5, 0.6) is 5.75 Å². The minimum atomic E-state index is -0.519. The van der Waals surface area contributed by atoms with E-state index >= 15 is 0 Å². The lowest BCUT2D eigenvalue weighted by Crippen LogP contribution is -2.38. The Bertz CT molecular complexity index is 388. The normalized spacial score (nSPS) is 13.4. The maximum absolute atomic E-state index is 10.1. The highest BCUT2D eigenvalue weighted by Gasteiger charge is 2.15. The maximum Gasteiger partial charge on any atom is 0.132 e. The highest BCUT2D eigenvalue weighted by molar-refractivity contribution is 7.98. The van der Waals surface area contributed by atoms with Gasteiger partial charge in [0, 0.05) is 17.0 Å². The summed E-state index contributed by atoms with van der Waals surface area (Å²) in [6.45, 7) is 6.77. The second-order valence-corrected chi connectivity index (χ2v) is 6.11. The minimum Gasteiger partial charge on any atom is -0.496 e. The smallest absolute Gasteiger partial charge is 0.132 e. The number of benzene rings is 1. The molecule has 1 aromatic carbocycles. The lowest BCUT2D eigenvalue weighted by molar-refractivity contribution is 0.163. The van der Waals surface area contributed by atoms with Crippen molar-refractivity contribution in [2.75, 3.05) is 19.9 Å². The predicted molar refractivity (Wildman–Crippen MR) is 77.5 cm³/mol. The molecule has 18 heavy (non-hydrogen) atoms. The summed E-state index contributed by atoms with van der Waals surface area (Å²) in [6, 6.07) is 5.84. The van der Waals surface area contributed by atoms with Crippen LogP contribution in [0.25, 0.3) is 0 Å². The molecule has 0 radical (unpaired) electrons. The zero-order valence-electron chi connectivity index (χ0n) is 11.8. The van der Waals surface area contributed by atoms with Crippen LogP contribution in [0, 0.1) is 0 Å². The molecule has 0 aliphatic rings. The average molecular weight is 269 g/mol. The second kappa shape index (κ2) is 6.45. The summed E-state index contributed by atoms with van der Waals surface area (Å²) in [6.07, 6.45) is 1.49. The van der Waals surface area contributed by atoms with Gasteiger partial charge in [-0.15, -0.1) is 11.8 Å². The van der Waals surface area contributed by atoms with Crippen molar-refractivity contribution in [2.45, 2.75) is 37.3 Å². The number of methoxy groups -OCH3 is 1. The van der Waals surface area contributed by atoms with Gasteiger partial charge >= 0.3 is 0 Å². The molecule has 0 aliphatic heterocycles. The summed E-state index contributed by atoms with van der Waals surface area (Å²) in [5.74, 6) is 0.815. The van der Waals surface area contributed by atoms with Gasteiger partial charge in [0.2, 0.25) is 0 Å². The van der Waals surface area contributed by atoms with Crippen molar-refractivity contribution in [1.29, 1.82) is 0 Å². The molecular weight excluding hydrogens is 246 g/mol. The number of ether oxygens (including phenoxy) is 1. The van der Waals surface area contributed by atoms with Gasteiger partial charge in [-0.1, -0.05) is 6.07 Å². The Hall–Kier alpha value is -0.710. The van der Waals surface area contributed by atoms with E-state index in [0.717, 1.165) is 16.2 Å². The van der Waals surface area contributed by atoms with Gasteiger partial charge in [0.25, 0.3) is 0 Å². The minimum absolute atomic E-state index is 0.00424. The fourth-order valence-electron chi connectivity index (χ4n) is 1.58. The SMILES string of the molecule is COc1cc(C(O)CNC(C)(C)C)ccc1SC. The number of rotatable bonds is 5. The van der Waals surface area contributed by atoms with E-state index in [1.807, 2.05) is 24.5 Å². The largest absolute Gasteiger partial charge is 0.496 e. The standard InChI is InChI=1S/C14H23NO2S/c1-14(2,3)15-9-11(16)10-6-7-13(18-5)12(8-10)17-4/h6-8,11,15-16H,9H2,1-5H3. The third-order valence-corrected chi connectivity index (χ3v) is 3.40. The summed E-state index contributed by atoms with van der Waals surface area (Å²) in [5, 5.41) is 13.4. The molecule has 1 atom stereocenters. The lowest BCUT2D eigenvalue weighted by Gasteiger charge is -2.23. The number of aliphatic hydroxyl groups excluding tert-OH is 1. The van der Waals surface area contributed by atoms with E-state index in [2.05, 4.69) is 26.1 Å². The molecule has 0 bridgehead atoms. The van der Waals surface area contributed by atoms with Crippen LogP contribution >= 0.6 is 11.8 Å². The number of hydrogen-bond donors (Lipinski definition) is 2. The molecule has 2 N–H and O–H groups in total. The molecule has 0 aliphatic carbocycles. The summed E-state index contributed by atoms with van der Waals surface area (Å²) in [5.41, 5.74) is 0.881. The Kier molecular flexibility index (Phi) is 5.50. The van der Waals surface area contributed by atoms with Gasteiger partial charge in [-0.25, -0.2) is 0 Å². The molecule has 102 valence electrons. The first-order valence-corrected chi connectivity index (χ1v) is 7.25. The third kappa shape index (κ3) is 4.52. The summed E-state index contributed by atoms with van der Waals surface area (Å²) < 4.78 is 5.32. The quantitative estimate of drug-likeness (QED) is 0.807. The Labute approximate surface area is 114 Å². The van der Waals surface area contributed by atoms with Crippen LogP contribution in [0.2, 0.25) is 0 Å². The molecule has 0 spiro atoms. The maximum atomic E-state index is 10.1. The van der Waals surface area contributed by atoms with Gasteiger partial charge in [-0.3, -0.25) is 0 Å². The average Bonchev–Trinajstić information content (AvgIpc) is 2.34. The molecule has 4 heteroatoms. The number of aliphatic hydroxyl groups is 1. The van der Waals surface area contributed by atoms with Gasteiger partial charge in [-0.2, -0.15) is 0 Å². The Balaban J connectivity index is 2.77. The van der Waals surface area contributed by atoms with Crippen LogP contribution in [0.1, 0.15) is 32.4 Å². The molecule has 0 aromatic heterocycles. The Morgan fingerprint density at radius 1 is 1.39 bits per heavy atom. The monoisotopic (exact) mass is 269 g/mol. The van der Waals surface area contributed by atoms with Gasteiger partial charge < -0.3 is 15.2 Å². The van der Waals surface area contributed by atoms with Crippen LogP contribution in [0.3, 0.4) is 0 Å². The van der Waals surface area contributed by atoms with E-state index in [-0.39, 0.29) is 5.54 Å². The Morgan fingerprint density at radius 2 is 2.06 bits per heavy atom. The zero-order chi connectivity index (χ0) is 13.8. The topological polar surface area (TPSA) is 41.5 Å². The van der Waals surface area contributed by atoms with Crippen molar-refractivity contribution in [2.24, 2.45) is 0 Å². The molecule has 0 amide bonds. The van der Waals surface area contributed by atoms with E-state index < -0.39 is 6.10 Å². The van der Waals surface area contributed by atoms with Gasteiger partial charge in [0.1, 0.15) is 5.75 Å². The number of β-amino-alcohol motifs (C(OH)–C–C–N with tert-alkyl or cyclic N) is 1. The lowest BCUT2D eigenvalue weighted by atomic mass is 10.1. The first-order chi connectivity index (χ1) is 8.37. The number of nitrogens with one attached hydrogen (secondary N) is 1. The predicted octanol–water partition coefficient (Wildman–Crippen LogP) is 2.84. The number of thioether (sulfide) groups is 1. The third-order valence-electron chi connectivity index (χ3n) is 2.62. The first kappa shape index (κ1) is 15.3. The number of hydrogen-bond acceptors (Lipinski definition) is 4. The van der Waals surface area contributed by atoms with Crippen LogP contribution in [-0.4, -0.2) is 30.6 Å². The van der Waals surface area contributed by atoms with Crippen molar-refractivity contribution in [3.63, 3.8) is 0 Å². The van der Waals surface area contributed by atoms with E-state index in [1.165, 1.54) is 0 Å². The van der Waals surface area contributed by atoms with Crippen LogP contribution in [0.15, 0.2) is 23.1 Å². The van der Waals surface area contributed by atoms with Crippen LogP contribution in [-0.2, 0) is 0 Å². The van der Waals surface area contributed by atoms with Gasteiger partial charge in [-0.05, 0) is 44.7 Å². The van der Waals surface area contributed by atoms with Crippen molar-refractivity contribution < 1.29 is 9.84 Å². The second-order valence-electron chi connectivity index (χ2n) is 5.26. The highest BCUT2D eigenvalue weighted by Crippen LogP contribution is 2.30. The summed E-state index contributed by atoms with van der Waals surface area (Å²) in [7, 11) is 1.65. The van der Waals surface area contributed by atoms with E-state index in [4.69, 9.17) is 4.74 Å². The van der Waals surface area contributed by atoms with E-state index in [1.54, 1.807) is 18.9 Å². The molecule has 1 rings (SSSR count). The molecule has 1 unspecified atom stereocenters. The van der Waals surface area contributed by atoms with Gasteiger partial charge in [0.15, 0.2) is 0 Å². The Morgan fingerprint density at radius 3 is 2.56 bits per heavy atom. The molecular formula is C14H23NO2S. The molecule has 0 saturated heterocycles. The summed E-state index contributed by atoms with van der Waals surface area (Å²) in [4.78, 5) is 1.08. The van der Waals surface area contributed by atoms with Crippen molar-refractivity contribution in [3.8, 4) is 5.75 Å². The fourth-order valence-corrected chi connectivity index (χ4v) is 2.13. The first-order valence-electron chi connectivity index (χ1n) is 6.02.